The highest BCUT2D eigenvalue weighted by atomic mass is 35.5. The smallest absolute Gasteiger partial charge is 0.156 e. The Labute approximate surface area is 80.3 Å². The first kappa shape index (κ1) is 8.47. The Balaban J connectivity index is 2.61. The molecule has 2 rings (SSSR count). The molecule has 5 heteroatoms. The summed E-state index contributed by atoms with van der Waals surface area (Å²) in [5.41, 5.74) is 7.16. The molecule has 0 aliphatic carbocycles. The summed E-state index contributed by atoms with van der Waals surface area (Å²) < 4.78 is 1.96. The van der Waals surface area contributed by atoms with Gasteiger partial charge in [-0.15, -0.1) is 0 Å². The van der Waals surface area contributed by atoms with Crippen molar-refractivity contribution in [3.05, 3.63) is 23.7 Å². The average molecular weight is 197 g/mol. The van der Waals surface area contributed by atoms with Gasteiger partial charge in [-0.3, -0.25) is 0 Å². The molecule has 0 unspecified atom stereocenters. The second kappa shape index (κ2) is 3.32. The van der Waals surface area contributed by atoms with Crippen LogP contribution in [0.4, 0.5) is 0 Å². The fourth-order valence-electron chi connectivity index (χ4n) is 1.28. The minimum atomic E-state index is 0.438. The molecule has 0 radical (unpaired) electrons. The molecule has 2 heterocycles. The SMILES string of the molecule is NCCn1cnc2c(Cl)nccc21. The Kier molecular flexibility index (Phi) is 2.16. The van der Waals surface area contributed by atoms with Crippen molar-refractivity contribution < 1.29 is 0 Å². The standard InChI is InChI=1S/C8H9ClN4/c9-8-7-6(1-3-11-8)13(4-2-10)5-12-7/h1,3,5H,2,4,10H2. The zero-order valence-corrected chi connectivity index (χ0v) is 7.70. The monoisotopic (exact) mass is 196 g/mol. The number of rotatable bonds is 2. The van der Waals surface area contributed by atoms with Crippen molar-refractivity contribution in [1.82, 2.24) is 14.5 Å². The van der Waals surface area contributed by atoms with Crippen LogP contribution >= 0.6 is 11.6 Å². The lowest BCUT2D eigenvalue weighted by molar-refractivity contribution is 0.728. The Hall–Kier alpha value is -1.13. The zero-order valence-electron chi connectivity index (χ0n) is 6.94. The summed E-state index contributed by atoms with van der Waals surface area (Å²) in [5, 5.41) is 0.438. The molecule has 0 aromatic carbocycles. The van der Waals surface area contributed by atoms with E-state index in [1.807, 2.05) is 10.6 Å². The molecule has 2 aromatic heterocycles. The normalized spacial score (nSPS) is 10.9. The molecular weight excluding hydrogens is 188 g/mol. The van der Waals surface area contributed by atoms with Crippen LogP contribution in [0.1, 0.15) is 0 Å². The number of fused-ring (bicyclic) bond motifs is 1. The number of pyridine rings is 1. The number of imidazole rings is 1. The molecule has 68 valence electrons. The Morgan fingerprint density at radius 3 is 3.08 bits per heavy atom. The van der Waals surface area contributed by atoms with Crippen LogP contribution < -0.4 is 5.73 Å². The molecule has 0 bridgehead atoms. The van der Waals surface area contributed by atoms with Crippen molar-refractivity contribution in [2.24, 2.45) is 5.73 Å². The van der Waals surface area contributed by atoms with E-state index < -0.39 is 0 Å². The zero-order chi connectivity index (χ0) is 9.26. The maximum absolute atomic E-state index is 5.85. The summed E-state index contributed by atoms with van der Waals surface area (Å²) >= 11 is 5.85. The van der Waals surface area contributed by atoms with E-state index in [1.54, 1.807) is 12.5 Å². The molecule has 0 fully saturated rings. The molecule has 2 N–H and O–H groups in total. The van der Waals surface area contributed by atoms with Crippen LogP contribution in [0.3, 0.4) is 0 Å². The van der Waals surface area contributed by atoms with E-state index in [9.17, 15) is 0 Å². The summed E-state index contributed by atoms with van der Waals surface area (Å²) in [7, 11) is 0. The van der Waals surface area contributed by atoms with Gasteiger partial charge < -0.3 is 10.3 Å². The van der Waals surface area contributed by atoms with Gasteiger partial charge in [0.25, 0.3) is 0 Å². The highest BCUT2D eigenvalue weighted by Gasteiger charge is 2.04. The number of halogens is 1. The van der Waals surface area contributed by atoms with E-state index >= 15 is 0 Å². The minimum Gasteiger partial charge on any atom is -0.329 e. The lowest BCUT2D eigenvalue weighted by atomic mass is 10.4. The van der Waals surface area contributed by atoms with Crippen LogP contribution in [-0.4, -0.2) is 21.1 Å². The Bertz CT molecular complexity index is 423. The first-order chi connectivity index (χ1) is 6.33. The van der Waals surface area contributed by atoms with Gasteiger partial charge in [0, 0.05) is 19.3 Å². The maximum Gasteiger partial charge on any atom is 0.156 e. The number of hydrogen-bond acceptors (Lipinski definition) is 3. The molecule has 13 heavy (non-hydrogen) atoms. The average Bonchev–Trinajstić information content (AvgIpc) is 2.51. The van der Waals surface area contributed by atoms with Gasteiger partial charge in [0.15, 0.2) is 5.15 Å². The van der Waals surface area contributed by atoms with Crippen LogP contribution in [0.25, 0.3) is 11.0 Å². The van der Waals surface area contributed by atoms with Crippen LogP contribution in [0.5, 0.6) is 0 Å². The highest BCUT2D eigenvalue weighted by molar-refractivity contribution is 6.33. The van der Waals surface area contributed by atoms with Crippen LogP contribution in [0, 0.1) is 0 Å². The minimum absolute atomic E-state index is 0.438. The van der Waals surface area contributed by atoms with Gasteiger partial charge in [0.05, 0.1) is 11.8 Å². The van der Waals surface area contributed by atoms with Crippen molar-refractivity contribution in [1.29, 1.82) is 0 Å². The van der Waals surface area contributed by atoms with Crippen molar-refractivity contribution in [2.45, 2.75) is 6.54 Å². The maximum atomic E-state index is 5.85. The molecule has 2 aromatic rings. The number of hydrogen-bond donors (Lipinski definition) is 1. The van der Waals surface area contributed by atoms with Gasteiger partial charge in [-0.2, -0.15) is 0 Å². The van der Waals surface area contributed by atoms with Gasteiger partial charge in [-0.05, 0) is 6.07 Å². The second-order valence-electron chi connectivity index (χ2n) is 2.70. The fourth-order valence-corrected chi connectivity index (χ4v) is 1.48. The van der Waals surface area contributed by atoms with Gasteiger partial charge in [0.2, 0.25) is 0 Å². The first-order valence-electron chi connectivity index (χ1n) is 3.98. The summed E-state index contributed by atoms with van der Waals surface area (Å²) in [6, 6.07) is 1.88. The van der Waals surface area contributed by atoms with Gasteiger partial charge in [0.1, 0.15) is 5.52 Å². The molecule has 0 aliphatic heterocycles. The van der Waals surface area contributed by atoms with Crippen molar-refractivity contribution in [3.8, 4) is 0 Å². The Morgan fingerprint density at radius 1 is 1.46 bits per heavy atom. The molecule has 4 nitrogen and oxygen atoms in total. The Morgan fingerprint density at radius 2 is 2.31 bits per heavy atom. The fraction of sp³-hybridized carbons (Fsp3) is 0.250. The van der Waals surface area contributed by atoms with E-state index in [-0.39, 0.29) is 0 Å². The molecule has 0 amide bonds. The summed E-state index contributed by atoms with van der Waals surface area (Å²) in [5.74, 6) is 0. The van der Waals surface area contributed by atoms with Crippen LogP contribution in [-0.2, 0) is 6.54 Å². The van der Waals surface area contributed by atoms with Gasteiger partial charge >= 0.3 is 0 Å². The van der Waals surface area contributed by atoms with Gasteiger partial charge in [-0.25, -0.2) is 9.97 Å². The molecule has 0 saturated heterocycles. The second-order valence-corrected chi connectivity index (χ2v) is 3.05. The van der Waals surface area contributed by atoms with Crippen LogP contribution in [0.15, 0.2) is 18.6 Å². The predicted octanol–water partition coefficient (Wildman–Crippen LogP) is 1.04. The molecule has 0 spiro atoms. The topological polar surface area (TPSA) is 56.7 Å². The molecular formula is C8H9ClN4. The third kappa shape index (κ3) is 1.38. The largest absolute Gasteiger partial charge is 0.329 e. The molecule has 0 aliphatic rings. The van der Waals surface area contributed by atoms with E-state index in [0.717, 1.165) is 17.6 Å². The quantitative estimate of drug-likeness (QED) is 0.731. The molecule has 0 saturated carbocycles. The third-order valence-corrected chi connectivity index (χ3v) is 2.14. The van der Waals surface area contributed by atoms with Crippen molar-refractivity contribution in [2.75, 3.05) is 6.54 Å². The number of nitrogens with two attached hydrogens (primary N) is 1. The van der Waals surface area contributed by atoms with Crippen molar-refractivity contribution >= 4 is 22.6 Å². The summed E-state index contributed by atoms with van der Waals surface area (Å²) in [4.78, 5) is 8.09. The predicted molar refractivity (Wildman–Crippen MR) is 51.6 cm³/mol. The number of nitrogens with zero attached hydrogens (tertiary/aromatic N) is 3. The van der Waals surface area contributed by atoms with Gasteiger partial charge in [-0.1, -0.05) is 11.6 Å². The lowest BCUT2D eigenvalue weighted by Crippen LogP contribution is -2.08. The third-order valence-electron chi connectivity index (χ3n) is 1.86. The van der Waals surface area contributed by atoms with Crippen molar-refractivity contribution in [3.63, 3.8) is 0 Å². The highest BCUT2D eigenvalue weighted by Crippen LogP contribution is 2.18. The van der Waals surface area contributed by atoms with E-state index in [0.29, 0.717) is 11.7 Å². The van der Waals surface area contributed by atoms with Crippen LogP contribution in [0.2, 0.25) is 5.15 Å². The van der Waals surface area contributed by atoms with E-state index in [1.165, 1.54) is 0 Å². The van der Waals surface area contributed by atoms with E-state index in [4.69, 9.17) is 17.3 Å². The summed E-state index contributed by atoms with van der Waals surface area (Å²) in [6.07, 6.45) is 3.39. The number of aromatic nitrogens is 3. The first-order valence-corrected chi connectivity index (χ1v) is 4.36. The lowest BCUT2D eigenvalue weighted by Gasteiger charge is -2.00. The molecule has 0 atom stereocenters. The summed E-state index contributed by atoms with van der Waals surface area (Å²) in [6.45, 7) is 1.34. The van der Waals surface area contributed by atoms with E-state index in [2.05, 4.69) is 9.97 Å².